The Labute approximate surface area is 232 Å². The topological polar surface area (TPSA) is 175 Å². The number of nitrogens with zero attached hydrogens (tertiary/aromatic N) is 4. The van der Waals surface area contributed by atoms with Gasteiger partial charge in [-0.05, 0) is 12.8 Å². The number of fused-ring (bicyclic) bond motifs is 2. The van der Waals surface area contributed by atoms with Crippen molar-refractivity contribution in [1.82, 2.24) is 20.3 Å². The zero-order chi connectivity index (χ0) is 27.2. The summed E-state index contributed by atoms with van der Waals surface area (Å²) in [5.74, 6) is 1.14. The van der Waals surface area contributed by atoms with Crippen LogP contribution in [0.3, 0.4) is 0 Å². The number of thiazole rings is 1. The summed E-state index contributed by atoms with van der Waals surface area (Å²) in [6.45, 7) is 2.76. The number of quaternary nitrogens is 1. The van der Waals surface area contributed by atoms with E-state index in [1.54, 1.807) is 6.20 Å². The zero-order valence-electron chi connectivity index (χ0n) is 21.7. The van der Waals surface area contributed by atoms with E-state index in [0.717, 1.165) is 19.3 Å². The Morgan fingerprint density at radius 1 is 1.12 bits per heavy atom. The van der Waals surface area contributed by atoms with Crippen molar-refractivity contribution in [1.29, 1.82) is 0 Å². The van der Waals surface area contributed by atoms with E-state index in [1.807, 2.05) is 4.90 Å². The van der Waals surface area contributed by atoms with Crippen molar-refractivity contribution in [2.45, 2.75) is 44.3 Å². The highest BCUT2D eigenvalue weighted by Gasteiger charge is 2.30. The number of rotatable bonds is 6. The van der Waals surface area contributed by atoms with Gasteiger partial charge in [0.15, 0.2) is 11.5 Å². The number of aromatic nitrogens is 3. The molecule has 1 amide bonds. The molecule has 40 heavy (non-hydrogen) atoms. The van der Waals surface area contributed by atoms with E-state index in [2.05, 4.69) is 36.6 Å². The van der Waals surface area contributed by atoms with Gasteiger partial charge in [-0.2, -0.15) is 4.98 Å². The molecule has 2 fully saturated rings. The molecule has 2 atom stereocenters. The van der Waals surface area contributed by atoms with Crippen LogP contribution in [0.15, 0.2) is 32.2 Å². The summed E-state index contributed by atoms with van der Waals surface area (Å²) in [6.07, 6.45) is 7.53. The lowest BCUT2D eigenvalue weighted by Gasteiger charge is -2.26. The fourth-order valence-electron chi connectivity index (χ4n) is 5.44. The number of carbonyl (C=O) groups excluding carboxylic acids is 1. The van der Waals surface area contributed by atoms with Gasteiger partial charge in [0.25, 0.3) is 5.91 Å². The van der Waals surface area contributed by atoms with Crippen molar-refractivity contribution in [3.63, 3.8) is 0 Å². The van der Waals surface area contributed by atoms with Crippen molar-refractivity contribution in [2.24, 2.45) is 0 Å². The molecule has 14 heteroatoms. The normalized spacial score (nSPS) is 20.9. The number of ether oxygens (including phenoxy) is 1. The fraction of sp³-hybridized carbons (Fsp3) is 0.423. The Hall–Kier alpha value is -4.01. The Morgan fingerprint density at radius 3 is 2.83 bits per heavy atom. The van der Waals surface area contributed by atoms with E-state index in [0.29, 0.717) is 82.9 Å². The first kappa shape index (κ1) is 25.0. The van der Waals surface area contributed by atoms with Crippen molar-refractivity contribution in [3.8, 4) is 10.6 Å². The molecule has 1 saturated carbocycles. The number of hydrogen-bond donors (Lipinski definition) is 4. The Kier molecular flexibility index (Phi) is 6.37. The highest BCUT2D eigenvalue weighted by molar-refractivity contribution is 7.19. The quantitative estimate of drug-likeness (QED) is 0.269. The van der Waals surface area contributed by atoms with Crippen LogP contribution in [-0.2, 0) is 11.3 Å². The molecule has 13 nitrogen and oxygen atoms in total. The smallest absolute Gasteiger partial charge is 0.257 e. The first-order valence-electron chi connectivity index (χ1n) is 13.4. The van der Waals surface area contributed by atoms with Crippen LogP contribution in [0.25, 0.3) is 21.7 Å². The van der Waals surface area contributed by atoms with Gasteiger partial charge < -0.3 is 40.2 Å². The van der Waals surface area contributed by atoms with Crippen LogP contribution >= 0.6 is 11.3 Å². The molecule has 4 aromatic rings. The monoisotopic (exact) mass is 565 g/mol. The maximum absolute atomic E-state index is 12.8. The summed E-state index contributed by atoms with van der Waals surface area (Å²) in [6, 6.07) is 1.91. The standard InChI is InChI=1S/C26H28N8O5S/c27-14-3-1-2-4-15(14)30-26-31-16-10-28-24(36)20(16)23(33-26)32-18-11-29-25(40-18)13-12-38-22-17(35)9-19(39-21(13)22)34-5-7-37-8-6-34/h9,11-12,14-15H,1-8,10,27H2,(H,28,36)(H2,30,31,32,33)/p+1/t14-,15+/m1/s1. The summed E-state index contributed by atoms with van der Waals surface area (Å²) >= 11 is 1.34. The predicted molar refractivity (Wildman–Crippen MR) is 148 cm³/mol. The van der Waals surface area contributed by atoms with E-state index in [1.165, 1.54) is 30.1 Å². The largest absolute Gasteiger partial charge is 0.456 e. The number of anilines is 4. The van der Waals surface area contributed by atoms with Crippen LogP contribution in [0, 0.1) is 0 Å². The first-order valence-corrected chi connectivity index (χ1v) is 14.2. The van der Waals surface area contributed by atoms with E-state index < -0.39 is 0 Å². The maximum Gasteiger partial charge on any atom is 0.257 e. The highest BCUT2D eigenvalue weighted by atomic mass is 32.1. The van der Waals surface area contributed by atoms with Gasteiger partial charge in [0.1, 0.15) is 33.7 Å². The molecule has 0 aromatic carbocycles. The van der Waals surface area contributed by atoms with Crippen LogP contribution in [0.1, 0.15) is 41.7 Å². The third-order valence-corrected chi connectivity index (χ3v) is 8.53. The molecular weight excluding hydrogens is 536 g/mol. The molecule has 208 valence electrons. The molecular formula is C26H29N8O5S+. The van der Waals surface area contributed by atoms with Crippen molar-refractivity contribution in [2.75, 3.05) is 41.8 Å². The zero-order valence-corrected chi connectivity index (χ0v) is 22.5. The predicted octanol–water partition coefficient (Wildman–Crippen LogP) is 2.09. The van der Waals surface area contributed by atoms with Crippen LogP contribution in [0.5, 0.6) is 0 Å². The van der Waals surface area contributed by atoms with Gasteiger partial charge in [0.05, 0.1) is 49.3 Å². The molecule has 1 saturated heterocycles. The first-order chi connectivity index (χ1) is 19.5. The van der Waals surface area contributed by atoms with E-state index >= 15 is 0 Å². The second kappa shape index (κ2) is 10.2. The van der Waals surface area contributed by atoms with Gasteiger partial charge in [-0.1, -0.05) is 17.8 Å². The summed E-state index contributed by atoms with van der Waals surface area (Å²) in [5, 5.41) is 10.8. The Balaban J connectivity index is 1.19. The molecule has 3 aliphatic rings. The van der Waals surface area contributed by atoms with Gasteiger partial charge in [0.2, 0.25) is 17.0 Å². The van der Waals surface area contributed by atoms with Crippen LogP contribution in [-0.4, -0.2) is 59.2 Å². The van der Waals surface area contributed by atoms with Crippen LogP contribution in [0.4, 0.5) is 22.7 Å². The molecule has 0 radical (unpaired) electrons. The number of hydrogen-bond acceptors (Lipinski definition) is 12. The van der Waals surface area contributed by atoms with Crippen molar-refractivity contribution in [3.05, 3.63) is 40.0 Å². The third-order valence-electron chi connectivity index (χ3n) is 7.58. The highest BCUT2D eigenvalue weighted by Crippen LogP contribution is 2.37. The SMILES string of the molecule is [NH3+][C@@H]1CCCC[C@@H]1Nc1nc2c(c(Nc3cnc(-c4coc5c(=O)cc(N6CCOCC6)oc45)s3)n1)C(=O)NC2. The van der Waals surface area contributed by atoms with Crippen LogP contribution in [0.2, 0.25) is 0 Å². The molecule has 0 unspecified atom stereocenters. The van der Waals surface area contributed by atoms with E-state index in [9.17, 15) is 9.59 Å². The van der Waals surface area contributed by atoms with Gasteiger partial charge in [-0.15, -0.1) is 0 Å². The average molecular weight is 566 g/mol. The molecule has 6 N–H and O–H groups in total. The van der Waals surface area contributed by atoms with Gasteiger partial charge >= 0.3 is 0 Å². The number of amides is 1. The number of morpholine rings is 1. The third kappa shape index (κ3) is 4.57. The Morgan fingerprint density at radius 2 is 1.98 bits per heavy atom. The minimum absolute atomic E-state index is 0.143. The maximum atomic E-state index is 12.8. The van der Waals surface area contributed by atoms with Crippen molar-refractivity contribution < 1.29 is 24.1 Å². The molecule has 2 aliphatic heterocycles. The van der Waals surface area contributed by atoms with E-state index in [4.69, 9.17) is 13.6 Å². The second-order valence-electron chi connectivity index (χ2n) is 10.2. The summed E-state index contributed by atoms with van der Waals surface area (Å²) in [5.41, 5.74) is 6.16. The molecule has 7 rings (SSSR count). The minimum atomic E-state index is -0.256. The molecule has 1 aliphatic carbocycles. The van der Waals surface area contributed by atoms with Gasteiger partial charge in [-0.3, -0.25) is 9.59 Å². The average Bonchev–Trinajstić information content (AvgIpc) is 3.69. The number of carbonyl (C=O) groups is 1. The number of nitrogens with one attached hydrogen (secondary N) is 3. The summed E-state index contributed by atoms with van der Waals surface area (Å²) in [4.78, 5) is 41.2. The number of furan rings is 1. The lowest BCUT2D eigenvalue weighted by atomic mass is 9.91. The summed E-state index contributed by atoms with van der Waals surface area (Å²) in [7, 11) is 0. The lowest BCUT2D eigenvalue weighted by Crippen LogP contribution is -2.68. The van der Waals surface area contributed by atoms with Crippen LogP contribution < -0.4 is 32.0 Å². The Bertz CT molecular complexity index is 1640. The van der Waals surface area contributed by atoms with Gasteiger partial charge in [0, 0.05) is 19.5 Å². The molecule has 0 bridgehead atoms. The lowest BCUT2D eigenvalue weighted by molar-refractivity contribution is -0.427. The van der Waals surface area contributed by atoms with Gasteiger partial charge in [-0.25, -0.2) is 9.97 Å². The van der Waals surface area contributed by atoms with Crippen molar-refractivity contribution >= 4 is 51.1 Å². The molecule has 6 heterocycles. The van der Waals surface area contributed by atoms with E-state index in [-0.39, 0.29) is 29.0 Å². The molecule has 4 aromatic heterocycles. The fourth-order valence-corrected chi connectivity index (χ4v) is 6.25. The second-order valence-corrected chi connectivity index (χ2v) is 11.2. The minimum Gasteiger partial charge on any atom is -0.456 e. The summed E-state index contributed by atoms with van der Waals surface area (Å²) < 4.78 is 17.1. The molecule has 0 spiro atoms.